The molecule has 0 unspecified atom stereocenters. The fraction of sp³-hybridized carbons (Fsp3) is 0.941. The zero-order chi connectivity index (χ0) is 14.1. The van der Waals surface area contributed by atoms with E-state index in [0.29, 0.717) is 5.78 Å². The van der Waals surface area contributed by atoms with Gasteiger partial charge in [-0.05, 0) is 33.4 Å². The van der Waals surface area contributed by atoms with E-state index >= 15 is 0 Å². The Morgan fingerprint density at radius 2 is 1.53 bits per heavy atom. The van der Waals surface area contributed by atoms with E-state index in [9.17, 15) is 4.79 Å². The number of hydrogen-bond acceptors (Lipinski definition) is 2. The lowest BCUT2D eigenvalue weighted by Gasteiger charge is -2.41. The first kappa shape index (κ1) is 16.7. The summed E-state index contributed by atoms with van der Waals surface area (Å²) in [7, 11) is 4.18. The Bertz CT molecular complexity index is 254. The van der Waals surface area contributed by atoms with E-state index < -0.39 is 0 Å². The molecule has 0 atom stereocenters. The molecule has 1 rings (SSSR count). The Balaban J connectivity index is 2.32. The number of carbonyl (C=O) groups excluding carboxylic acids is 1. The Morgan fingerprint density at radius 3 is 2.11 bits per heavy atom. The molecule has 1 fully saturated rings. The lowest BCUT2D eigenvalue weighted by atomic mass is 9.76. The normalized spacial score (nSPS) is 18.7. The largest absolute Gasteiger partial charge is 0.298 e. The number of hydrogen-bond donors (Lipinski definition) is 0. The standard InChI is InChI=1S/C17H33NO/c1-4-5-6-7-8-10-13-16(19)17(18(2)3)14-11-9-12-15-17/h4-15H2,1-3H3. The Hall–Kier alpha value is -0.370. The molecule has 0 N–H and O–H groups in total. The second-order valence-corrected chi connectivity index (χ2v) is 6.43. The molecule has 0 aromatic heterocycles. The van der Waals surface area contributed by atoms with Crippen LogP contribution in [-0.2, 0) is 4.79 Å². The third kappa shape index (κ3) is 4.91. The van der Waals surface area contributed by atoms with Crippen LogP contribution in [0.4, 0.5) is 0 Å². The minimum Gasteiger partial charge on any atom is -0.298 e. The Kier molecular flexibility index (Phi) is 7.67. The van der Waals surface area contributed by atoms with Gasteiger partial charge in [0.25, 0.3) is 0 Å². The van der Waals surface area contributed by atoms with E-state index in [4.69, 9.17) is 0 Å². The Labute approximate surface area is 119 Å². The van der Waals surface area contributed by atoms with Gasteiger partial charge in [-0.2, -0.15) is 0 Å². The number of ketones is 1. The van der Waals surface area contributed by atoms with E-state index in [1.165, 1.54) is 51.4 Å². The topological polar surface area (TPSA) is 20.3 Å². The summed E-state index contributed by atoms with van der Waals surface area (Å²) < 4.78 is 0. The highest BCUT2D eigenvalue weighted by Gasteiger charge is 2.40. The molecular formula is C17H33NO. The van der Waals surface area contributed by atoms with Crippen molar-refractivity contribution in [3.63, 3.8) is 0 Å². The summed E-state index contributed by atoms with van der Waals surface area (Å²) in [5.41, 5.74) is -0.123. The molecule has 19 heavy (non-hydrogen) atoms. The maximum Gasteiger partial charge on any atom is 0.153 e. The van der Waals surface area contributed by atoms with Crippen LogP contribution in [0.3, 0.4) is 0 Å². The van der Waals surface area contributed by atoms with Crippen LogP contribution >= 0.6 is 0 Å². The van der Waals surface area contributed by atoms with E-state index in [-0.39, 0.29) is 5.54 Å². The van der Waals surface area contributed by atoms with Gasteiger partial charge in [0.2, 0.25) is 0 Å². The maximum atomic E-state index is 12.6. The maximum absolute atomic E-state index is 12.6. The van der Waals surface area contributed by atoms with Gasteiger partial charge >= 0.3 is 0 Å². The summed E-state index contributed by atoms with van der Waals surface area (Å²) >= 11 is 0. The van der Waals surface area contributed by atoms with Crippen molar-refractivity contribution in [2.45, 2.75) is 89.5 Å². The highest BCUT2D eigenvalue weighted by molar-refractivity contribution is 5.88. The molecule has 1 saturated carbocycles. The molecule has 1 aliphatic rings. The quantitative estimate of drug-likeness (QED) is 0.570. The zero-order valence-corrected chi connectivity index (χ0v) is 13.3. The first-order chi connectivity index (χ1) is 9.13. The van der Waals surface area contributed by atoms with Crippen LogP contribution in [-0.4, -0.2) is 30.3 Å². The zero-order valence-electron chi connectivity index (χ0n) is 13.3. The highest BCUT2D eigenvalue weighted by atomic mass is 16.1. The third-order valence-corrected chi connectivity index (χ3v) is 4.81. The molecule has 0 aliphatic heterocycles. The molecule has 0 amide bonds. The second kappa shape index (κ2) is 8.73. The van der Waals surface area contributed by atoms with Crippen molar-refractivity contribution in [2.24, 2.45) is 0 Å². The summed E-state index contributed by atoms with van der Waals surface area (Å²) in [5.74, 6) is 0.507. The van der Waals surface area contributed by atoms with Gasteiger partial charge in [0.15, 0.2) is 5.78 Å². The fourth-order valence-electron chi connectivity index (χ4n) is 3.41. The number of Topliss-reactive ketones (excluding diaryl/α,β-unsaturated/α-hetero) is 1. The summed E-state index contributed by atoms with van der Waals surface area (Å²) in [6, 6.07) is 0. The molecule has 0 heterocycles. The number of likely N-dealkylation sites (N-methyl/N-ethyl adjacent to an activating group) is 1. The van der Waals surface area contributed by atoms with Gasteiger partial charge < -0.3 is 0 Å². The molecule has 0 bridgehead atoms. The monoisotopic (exact) mass is 267 g/mol. The Morgan fingerprint density at radius 1 is 0.947 bits per heavy atom. The second-order valence-electron chi connectivity index (χ2n) is 6.43. The first-order valence-electron chi connectivity index (χ1n) is 8.34. The van der Waals surface area contributed by atoms with Crippen LogP contribution in [0.5, 0.6) is 0 Å². The minimum atomic E-state index is -0.123. The van der Waals surface area contributed by atoms with Crippen molar-refractivity contribution >= 4 is 5.78 Å². The molecule has 1 aliphatic carbocycles. The van der Waals surface area contributed by atoms with Crippen molar-refractivity contribution in [3.05, 3.63) is 0 Å². The lowest BCUT2D eigenvalue weighted by Crippen LogP contribution is -2.52. The van der Waals surface area contributed by atoms with Crippen LogP contribution in [0, 0.1) is 0 Å². The molecular weight excluding hydrogens is 234 g/mol. The smallest absolute Gasteiger partial charge is 0.153 e. The molecule has 0 aromatic carbocycles. The SMILES string of the molecule is CCCCCCCCC(=O)C1(N(C)C)CCCCC1. The van der Waals surface area contributed by atoms with E-state index in [1.807, 2.05) is 0 Å². The van der Waals surface area contributed by atoms with Crippen LogP contribution < -0.4 is 0 Å². The molecule has 0 spiro atoms. The first-order valence-corrected chi connectivity index (χ1v) is 8.34. The van der Waals surface area contributed by atoms with Crippen LogP contribution in [0.1, 0.15) is 84.0 Å². The van der Waals surface area contributed by atoms with Crippen molar-refractivity contribution in [2.75, 3.05) is 14.1 Å². The number of nitrogens with zero attached hydrogens (tertiary/aromatic N) is 1. The minimum absolute atomic E-state index is 0.123. The van der Waals surface area contributed by atoms with Gasteiger partial charge in [-0.3, -0.25) is 9.69 Å². The number of carbonyl (C=O) groups is 1. The van der Waals surface area contributed by atoms with Crippen molar-refractivity contribution in [3.8, 4) is 0 Å². The predicted molar refractivity (Wildman–Crippen MR) is 82.5 cm³/mol. The summed E-state index contributed by atoms with van der Waals surface area (Å²) in [6.45, 7) is 2.24. The van der Waals surface area contributed by atoms with Gasteiger partial charge in [0, 0.05) is 6.42 Å². The average molecular weight is 267 g/mol. The molecule has 0 saturated heterocycles. The number of unbranched alkanes of at least 4 members (excludes halogenated alkanes) is 5. The molecule has 2 heteroatoms. The van der Waals surface area contributed by atoms with Crippen molar-refractivity contribution in [1.82, 2.24) is 4.90 Å². The van der Waals surface area contributed by atoms with Crippen molar-refractivity contribution < 1.29 is 4.79 Å². The van der Waals surface area contributed by atoms with Gasteiger partial charge in [-0.25, -0.2) is 0 Å². The van der Waals surface area contributed by atoms with Gasteiger partial charge in [-0.15, -0.1) is 0 Å². The summed E-state index contributed by atoms with van der Waals surface area (Å²) in [4.78, 5) is 14.8. The van der Waals surface area contributed by atoms with Gasteiger partial charge in [-0.1, -0.05) is 58.3 Å². The number of rotatable bonds is 9. The van der Waals surface area contributed by atoms with Crippen molar-refractivity contribution in [1.29, 1.82) is 0 Å². The van der Waals surface area contributed by atoms with Gasteiger partial charge in [0.1, 0.15) is 0 Å². The van der Waals surface area contributed by atoms with E-state index in [1.54, 1.807) is 0 Å². The molecule has 2 nitrogen and oxygen atoms in total. The molecule has 112 valence electrons. The van der Waals surface area contributed by atoms with Gasteiger partial charge in [0.05, 0.1) is 5.54 Å². The van der Waals surface area contributed by atoms with Crippen LogP contribution in [0.2, 0.25) is 0 Å². The fourth-order valence-corrected chi connectivity index (χ4v) is 3.41. The molecule has 0 aromatic rings. The summed E-state index contributed by atoms with van der Waals surface area (Å²) in [5, 5.41) is 0. The highest BCUT2D eigenvalue weighted by Crippen LogP contribution is 2.34. The third-order valence-electron chi connectivity index (χ3n) is 4.81. The van der Waals surface area contributed by atoms with Crippen LogP contribution in [0.15, 0.2) is 0 Å². The lowest BCUT2D eigenvalue weighted by molar-refractivity contribution is -0.132. The average Bonchev–Trinajstić information content (AvgIpc) is 2.43. The van der Waals surface area contributed by atoms with E-state index in [2.05, 4.69) is 25.9 Å². The predicted octanol–water partition coefficient (Wildman–Crippen LogP) is 4.57. The van der Waals surface area contributed by atoms with Crippen LogP contribution in [0.25, 0.3) is 0 Å². The molecule has 0 radical (unpaired) electrons. The van der Waals surface area contributed by atoms with E-state index in [0.717, 1.165) is 25.7 Å². The summed E-state index contributed by atoms with van der Waals surface area (Å²) in [6.07, 6.45) is 14.3.